The van der Waals surface area contributed by atoms with Crippen molar-refractivity contribution in [1.82, 2.24) is 4.57 Å². The summed E-state index contributed by atoms with van der Waals surface area (Å²) >= 11 is 0. The highest BCUT2D eigenvalue weighted by atomic mass is 16.5. The molecule has 0 bridgehead atoms. The zero-order valence-electron chi connectivity index (χ0n) is 13.9. The van der Waals surface area contributed by atoms with E-state index in [0.29, 0.717) is 16.3 Å². The molecule has 1 heterocycles. The van der Waals surface area contributed by atoms with E-state index >= 15 is 0 Å². The average Bonchev–Trinajstić information content (AvgIpc) is 3.01. The number of fused-ring (bicyclic) bond motifs is 1. The fourth-order valence-corrected chi connectivity index (χ4v) is 2.85. The van der Waals surface area contributed by atoms with Crippen molar-refractivity contribution in [3.8, 4) is 0 Å². The second-order valence-electron chi connectivity index (χ2n) is 5.40. The molecule has 6 heteroatoms. The molecule has 0 saturated heterocycles. The molecule has 6 nitrogen and oxygen atoms in total. The second-order valence-corrected chi connectivity index (χ2v) is 5.40. The molecule has 0 aliphatic heterocycles. The fraction of sp³-hybridized carbons (Fsp3) is 0.0500. The monoisotopic (exact) mass is 346 g/mol. The van der Waals surface area contributed by atoms with Gasteiger partial charge in [0.1, 0.15) is 10.7 Å². The van der Waals surface area contributed by atoms with E-state index in [4.69, 9.17) is 10.5 Å². The molecular weight excluding hydrogens is 332 g/mol. The first kappa shape index (κ1) is 17.0. The first-order valence-electron chi connectivity index (χ1n) is 7.67. The topological polar surface area (TPSA) is 91.4 Å². The Bertz CT molecular complexity index is 1140. The Kier molecular flexibility index (Phi) is 4.54. The zero-order chi connectivity index (χ0) is 18.7. The number of nitrogens with two attached hydrogens (primary N) is 1. The molecule has 0 radical (unpaired) electrons. The highest BCUT2D eigenvalue weighted by Gasteiger charge is 2.22. The van der Waals surface area contributed by atoms with E-state index in [-0.39, 0.29) is 22.1 Å². The first-order valence-corrected chi connectivity index (χ1v) is 7.67. The van der Waals surface area contributed by atoms with Crippen LogP contribution in [0.15, 0.2) is 54.6 Å². The zero-order valence-corrected chi connectivity index (χ0v) is 13.9. The second kappa shape index (κ2) is 6.95. The van der Waals surface area contributed by atoms with Gasteiger partial charge in [0.15, 0.2) is 17.6 Å². The maximum absolute atomic E-state index is 12.5. The van der Waals surface area contributed by atoms with Crippen molar-refractivity contribution < 1.29 is 19.1 Å². The Hall–Kier alpha value is -3.85. The van der Waals surface area contributed by atoms with Gasteiger partial charge in [-0.2, -0.15) is 0 Å². The molecule has 0 saturated carbocycles. The SMILES string of the molecule is COC(=O)/C(=C(\N)c1ccccc1)n1c(=C=O)c2ccccc2c1=C=O. The molecule has 0 aliphatic carbocycles. The van der Waals surface area contributed by atoms with Gasteiger partial charge in [-0.3, -0.25) is 4.57 Å². The van der Waals surface area contributed by atoms with Crippen molar-refractivity contribution in [1.29, 1.82) is 0 Å². The number of carbonyl (C=O) groups is 1. The third-order valence-corrected chi connectivity index (χ3v) is 4.02. The molecule has 1 aromatic heterocycles. The van der Waals surface area contributed by atoms with Gasteiger partial charge in [-0.1, -0.05) is 54.6 Å². The van der Waals surface area contributed by atoms with Crippen molar-refractivity contribution in [3.05, 3.63) is 70.9 Å². The third kappa shape index (κ3) is 2.62. The van der Waals surface area contributed by atoms with E-state index in [1.54, 1.807) is 66.5 Å². The maximum Gasteiger partial charge on any atom is 0.357 e. The van der Waals surface area contributed by atoms with Gasteiger partial charge in [-0.15, -0.1) is 0 Å². The van der Waals surface area contributed by atoms with Gasteiger partial charge in [0.25, 0.3) is 0 Å². The summed E-state index contributed by atoms with van der Waals surface area (Å²) in [7, 11) is 1.19. The number of esters is 1. The van der Waals surface area contributed by atoms with E-state index in [1.165, 1.54) is 7.11 Å². The lowest BCUT2D eigenvalue weighted by Gasteiger charge is -2.11. The summed E-state index contributed by atoms with van der Waals surface area (Å²) in [5.41, 5.74) is 6.67. The van der Waals surface area contributed by atoms with Gasteiger partial charge in [-0.05, 0) is 5.56 Å². The van der Waals surface area contributed by atoms with Crippen LogP contribution < -0.4 is 16.4 Å². The molecule has 0 amide bonds. The molecule has 2 N–H and O–H groups in total. The van der Waals surface area contributed by atoms with Crippen LogP contribution in [0.3, 0.4) is 0 Å². The maximum atomic E-state index is 12.5. The Morgan fingerprint density at radius 1 is 0.923 bits per heavy atom. The van der Waals surface area contributed by atoms with Crippen molar-refractivity contribution in [2.75, 3.05) is 7.11 Å². The summed E-state index contributed by atoms with van der Waals surface area (Å²) in [6, 6.07) is 15.4. The van der Waals surface area contributed by atoms with Crippen molar-refractivity contribution in [2.45, 2.75) is 0 Å². The number of benzene rings is 2. The minimum atomic E-state index is -0.792. The molecule has 26 heavy (non-hydrogen) atoms. The highest BCUT2D eigenvalue weighted by Crippen LogP contribution is 2.18. The van der Waals surface area contributed by atoms with Crippen LogP contribution >= 0.6 is 0 Å². The van der Waals surface area contributed by atoms with Crippen LogP contribution in [0.25, 0.3) is 22.2 Å². The van der Waals surface area contributed by atoms with E-state index in [0.717, 1.165) is 4.57 Å². The van der Waals surface area contributed by atoms with Crippen molar-refractivity contribution in [3.63, 3.8) is 0 Å². The van der Waals surface area contributed by atoms with E-state index in [1.807, 2.05) is 0 Å². The lowest BCUT2D eigenvalue weighted by atomic mass is 10.1. The molecule has 0 atom stereocenters. The summed E-state index contributed by atoms with van der Waals surface area (Å²) in [4.78, 5) is 35.8. The Morgan fingerprint density at radius 2 is 1.42 bits per heavy atom. The summed E-state index contributed by atoms with van der Waals surface area (Å²) in [5, 5.41) is 0.919. The summed E-state index contributed by atoms with van der Waals surface area (Å²) in [6.07, 6.45) is 0. The van der Waals surface area contributed by atoms with Crippen molar-refractivity contribution in [2.24, 2.45) is 5.73 Å². The molecule has 3 rings (SSSR count). The molecule has 3 aromatic rings. The van der Waals surface area contributed by atoms with Crippen LogP contribution in [-0.2, 0) is 19.1 Å². The highest BCUT2D eigenvalue weighted by molar-refractivity contribution is 6.19. The predicted octanol–water partition coefficient (Wildman–Crippen LogP) is 0.105. The number of methoxy groups -OCH3 is 1. The number of nitrogens with zero attached hydrogens (tertiary/aromatic N) is 1. The Balaban J connectivity index is 2.55. The third-order valence-electron chi connectivity index (χ3n) is 4.02. The Labute approximate surface area is 148 Å². The van der Waals surface area contributed by atoms with Crippen LogP contribution in [0.5, 0.6) is 0 Å². The van der Waals surface area contributed by atoms with Crippen LogP contribution in [0.4, 0.5) is 0 Å². The van der Waals surface area contributed by atoms with Gasteiger partial charge in [-0.25, -0.2) is 14.4 Å². The van der Waals surface area contributed by atoms with Crippen LogP contribution in [0.2, 0.25) is 0 Å². The van der Waals surface area contributed by atoms with Gasteiger partial charge < -0.3 is 10.5 Å². The number of hydrogen-bond donors (Lipinski definition) is 1. The van der Waals surface area contributed by atoms with Crippen molar-refractivity contribution >= 4 is 40.0 Å². The summed E-state index contributed by atoms with van der Waals surface area (Å²) in [5.74, 6) is 2.80. The number of carbonyl (C=O) groups excluding carboxylic acids is 3. The molecule has 0 unspecified atom stereocenters. The number of ether oxygens (including phenoxy) is 1. The predicted molar refractivity (Wildman–Crippen MR) is 96.5 cm³/mol. The minimum Gasteiger partial charge on any atom is -0.464 e. The lowest BCUT2D eigenvalue weighted by molar-refractivity contribution is -0.134. The van der Waals surface area contributed by atoms with E-state index in [9.17, 15) is 14.4 Å². The molecular formula is C20H14N2O4. The molecule has 0 aliphatic rings. The van der Waals surface area contributed by atoms with Gasteiger partial charge in [0.2, 0.25) is 0 Å². The fourth-order valence-electron chi connectivity index (χ4n) is 2.85. The first-order chi connectivity index (χ1) is 12.6. The van der Waals surface area contributed by atoms with E-state index in [2.05, 4.69) is 0 Å². The number of aromatic nitrogens is 1. The number of hydrogen-bond acceptors (Lipinski definition) is 5. The van der Waals surface area contributed by atoms with Crippen LogP contribution in [-0.4, -0.2) is 29.5 Å². The van der Waals surface area contributed by atoms with Gasteiger partial charge >= 0.3 is 5.97 Å². The quantitative estimate of drug-likeness (QED) is 0.537. The summed E-state index contributed by atoms with van der Waals surface area (Å²) in [6.45, 7) is 0. The Morgan fingerprint density at radius 3 is 1.88 bits per heavy atom. The smallest absolute Gasteiger partial charge is 0.357 e. The number of rotatable bonds is 3. The van der Waals surface area contributed by atoms with Crippen LogP contribution in [0, 0.1) is 0 Å². The van der Waals surface area contributed by atoms with E-state index < -0.39 is 5.97 Å². The van der Waals surface area contributed by atoms with Crippen LogP contribution in [0.1, 0.15) is 5.56 Å². The average molecular weight is 346 g/mol. The molecule has 2 aromatic carbocycles. The largest absolute Gasteiger partial charge is 0.464 e. The molecule has 0 fully saturated rings. The van der Waals surface area contributed by atoms with Gasteiger partial charge in [0, 0.05) is 10.8 Å². The normalized spacial score (nSPS) is 11.4. The van der Waals surface area contributed by atoms with Gasteiger partial charge in [0.05, 0.1) is 12.8 Å². The standard InChI is InChI=1S/C20H14N2O4/c1-26-20(25)19(18(21)13-7-3-2-4-8-13)22-16(11-23)14-9-5-6-10-15(14)17(22)12-24/h2-10H,21H2,1H3/b19-18+. The molecule has 128 valence electrons. The molecule has 0 spiro atoms. The minimum absolute atomic E-state index is 0.00164. The lowest BCUT2D eigenvalue weighted by Crippen LogP contribution is -2.33. The summed E-state index contributed by atoms with van der Waals surface area (Å²) < 4.78 is 6.00.